The Hall–Kier alpha value is -3.72. The molecule has 0 saturated heterocycles. The van der Waals surface area contributed by atoms with Gasteiger partial charge >= 0.3 is 17.5 Å². The molecule has 0 aliphatic rings. The summed E-state index contributed by atoms with van der Waals surface area (Å²) in [5, 5.41) is 15.0. The molecule has 0 spiro atoms. The van der Waals surface area contributed by atoms with Crippen LogP contribution in [0.3, 0.4) is 0 Å². The van der Waals surface area contributed by atoms with Crippen LogP contribution < -0.4 is 10.1 Å². The van der Waals surface area contributed by atoms with E-state index in [1.54, 1.807) is 43.3 Å². The maximum absolute atomic E-state index is 11.9. The Morgan fingerprint density at radius 1 is 1.21 bits per heavy atom. The van der Waals surface area contributed by atoms with Crippen LogP contribution in [0.15, 0.2) is 48.8 Å². The van der Waals surface area contributed by atoms with E-state index in [1.165, 1.54) is 13.2 Å². The Balaban J connectivity index is 2.01. The van der Waals surface area contributed by atoms with Crippen molar-refractivity contribution in [2.45, 2.75) is 6.92 Å². The van der Waals surface area contributed by atoms with Gasteiger partial charge in [-0.15, -0.1) is 0 Å². The van der Waals surface area contributed by atoms with Crippen LogP contribution >= 0.6 is 11.6 Å². The number of nitro groups is 1. The summed E-state index contributed by atoms with van der Waals surface area (Å²) in [6, 6.07) is 11.2. The highest BCUT2D eigenvalue weighted by atomic mass is 35.5. The Kier molecular flexibility index (Phi) is 5.89. The standard InChI is InChI=1S/C19H15ClN4O5/c1-11-9-12(7-8-14(11)20)29-18-16(24(26)27)17(21-10-22-18)23-15-6-4-3-5-13(15)19(25)28-2/h3-10H,1-2H3,(H,21,22,23). The number of ether oxygens (including phenoxy) is 2. The average molecular weight is 415 g/mol. The number of esters is 1. The van der Waals surface area contributed by atoms with Crippen LogP contribution in [-0.2, 0) is 4.74 Å². The molecule has 0 fully saturated rings. The number of carbonyl (C=O) groups is 1. The zero-order valence-corrected chi connectivity index (χ0v) is 16.1. The normalized spacial score (nSPS) is 10.3. The van der Waals surface area contributed by atoms with E-state index in [0.29, 0.717) is 10.8 Å². The lowest BCUT2D eigenvalue weighted by molar-refractivity contribution is -0.385. The summed E-state index contributed by atoms with van der Waals surface area (Å²) in [7, 11) is 1.24. The van der Waals surface area contributed by atoms with Crippen LogP contribution in [0.1, 0.15) is 15.9 Å². The Morgan fingerprint density at radius 2 is 1.97 bits per heavy atom. The first-order valence-electron chi connectivity index (χ1n) is 8.28. The Labute approximate surface area is 170 Å². The average Bonchev–Trinajstić information content (AvgIpc) is 2.70. The van der Waals surface area contributed by atoms with E-state index < -0.39 is 16.6 Å². The topological polar surface area (TPSA) is 116 Å². The number of rotatable bonds is 6. The molecule has 10 heteroatoms. The van der Waals surface area contributed by atoms with Crippen LogP contribution in [0, 0.1) is 17.0 Å². The summed E-state index contributed by atoms with van der Waals surface area (Å²) in [5.41, 5.74) is 0.735. The van der Waals surface area contributed by atoms with Gasteiger partial charge in [0.2, 0.25) is 5.82 Å². The summed E-state index contributed by atoms with van der Waals surface area (Å²) in [6.45, 7) is 1.78. The van der Waals surface area contributed by atoms with Crippen molar-refractivity contribution < 1.29 is 19.2 Å². The molecular formula is C19H15ClN4O5. The second-order valence-corrected chi connectivity index (χ2v) is 6.22. The second kappa shape index (κ2) is 8.53. The summed E-state index contributed by atoms with van der Waals surface area (Å²) >= 11 is 6.00. The number of nitrogens with zero attached hydrogens (tertiary/aromatic N) is 3. The molecular weight excluding hydrogens is 400 g/mol. The third-order valence-electron chi connectivity index (χ3n) is 3.90. The van der Waals surface area contributed by atoms with E-state index in [4.69, 9.17) is 21.1 Å². The fraction of sp³-hybridized carbons (Fsp3) is 0.105. The number of carbonyl (C=O) groups excluding carboxylic acids is 1. The van der Waals surface area contributed by atoms with Gasteiger partial charge in [0.05, 0.1) is 23.3 Å². The lowest BCUT2D eigenvalue weighted by Gasteiger charge is -2.12. The molecule has 0 bridgehead atoms. The fourth-order valence-corrected chi connectivity index (χ4v) is 2.61. The molecule has 2 aromatic carbocycles. The molecule has 148 valence electrons. The summed E-state index contributed by atoms with van der Waals surface area (Å²) < 4.78 is 10.3. The fourth-order valence-electron chi connectivity index (χ4n) is 2.49. The van der Waals surface area contributed by atoms with Gasteiger partial charge in [0.25, 0.3) is 0 Å². The predicted molar refractivity (Wildman–Crippen MR) is 106 cm³/mol. The number of halogens is 1. The number of benzene rings is 2. The lowest BCUT2D eigenvalue weighted by Crippen LogP contribution is -2.08. The lowest BCUT2D eigenvalue weighted by atomic mass is 10.2. The number of aryl methyl sites for hydroxylation is 1. The van der Waals surface area contributed by atoms with Crippen LogP contribution in [-0.4, -0.2) is 28.0 Å². The van der Waals surface area contributed by atoms with Crippen molar-refractivity contribution in [2.24, 2.45) is 0 Å². The van der Waals surface area contributed by atoms with E-state index in [2.05, 4.69) is 15.3 Å². The van der Waals surface area contributed by atoms with Gasteiger partial charge in [-0.1, -0.05) is 23.7 Å². The molecule has 0 unspecified atom stereocenters. The first kappa shape index (κ1) is 20.0. The molecule has 1 N–H and O–H groups in total. The van der Waals surface area contributed by atoms with Crippen LogP contribution in [0.2, 0.25) is 5.02 Å². The van der Waals surface area contributed by atoms with Crippen molar-refractivity contribution in [2.75, 3.05) is 12.4 Å². The molecule has 0 radical (unpaired) electrons. The number of nitrogens with one attached hydrogen (secondary N) is 1. The van der Waals surface area contributed by atoms with Gasteiger partial charge in [-0.05, 0) is 42.8 Å². The zero-order chi connectivity index (χ0) is 21.0. The van der Waals surface area contributed by atoms with Crippen molar-refractivity contribution in [3.63, 3.8) is 0 Å². The summed E-state index contributed by atoms with van der Waals surface area (Å²) in [6.07, 6.45) is 1.12. The predicted octanol–water partition coefficient (Wildman–Crippen LogP) is 4.67. The number of hydrogen-bond donors (Lipinski definition) is 1. The van der Waals surface area contributed by atoms with E-state index in [9.17, 15) is 14.9 Å². The van der Waals surface area contributed by atoms with E-state index in [0.717, 1.165) is 11.9 Å². The minimum Gasteiger partial charge on any atom is -0.465 e. The van der Waals surface area contributed by atoms with Crippen LogP contribution in [0.25, 0.3) is 0 Å². The summed E-state index contributed by atoms with van der Waals surface area (Å²) in [5.74, 6) is -0.667. The molecule has 0 saturated carbocycles. The molecule has 29 heavy (non-hydrogen) atoms. The van der Waals surface area contributed by atoms with Crippen LogP contribution in [0.4, 0.5) is 17.2 Å². The number of methoxy groups -OCH3 is 1. The van der Waals surface area contributed by atoms with E-state index in [-0.39, 0.29) is 22.9 Å². The van der Waals surface area contributed by atoms with Crippen molar-refractivity contribution in [3.8, 4) is 11.6 Å². The van der Waals surface area contributed by atoms with Gasteiger partial charge in [0.1, 0.15) is 12.1 Å². The van der Waals surface area contributed by atoms with Crippen molar-refractivity contribution >= 4 is 34.8 Å². The molecule has 0 aliphatic carbocycles. The van der Waals surface area contributed by atoms with Gasteiger partial charge < -0.3 is 14.8 Å². The second-order valence-electron chi connectivity index (χ2n) is 5.81. The maximum atomic E-state index is 11.9. The van der Waals surface area contributed by atoms with Crippen molar-refractivity contribution in [3.05, 3.63) is 75.1 Å². The minimum atomic E-state index is -0.665. The van der Waals surface area contributed by atoms with Gasteiger partial charge in [0, 0.05) is 5.02 Å². The van der Waals surface area contributed by atoms with Crippen molar-refractivity contribution in [1.82, 2.24) is 9.97 Å². The SMILES string of the molecule is COC(=O)c1ccccc1Nc1ncnc(Oc2ccc(Cl)c(C)c2)c1[N+](=O)[O-]. The smallest absolute Gasteiger partial charge is 0.373 e. The molecule has 0 aliphatic heterocycles. The molecule has 0 amide bonds. The quantitative estimate of drug-likeness (QED) is 0.351. The Bertz CT molecular complexity index is 1090. The van der Waals surface area contributed by atoms with Crippen LogP contribution in [0.5, 0.6) is 11.6 Å². The minimum absolute atomic E-state index is 0.137. The monoisotopic (exact) mass is 414 g/mol. The third-order valence-corrected chi connectivity index (χ3v) is 4.32. The zero-order valence-electron chi connectivity index (χ0n) is 15.4. The van der Waals surface area contributed by atoms with Gasteiger partial charge in [0.15, 0.2) is 0 Å². The number of aromatic nitrogens is 2. The van der Waals surface area contributed by atoms with Gasteiger partial charge in [-0.25, -0.2) is 9.78 Å². The highest BCUT2D eigenvalue weighted by molar-refractivity contribution is 6.31. The molecule has 9 nitrogen and oxygen atoms in total. The van der Waals surface area contributed by atoms with E-state index >= 15 is 0 Å². The Morgan fingerprint density at radius 3 is 2.66 bits per heavy atom. The first-order chi connectivity index (χ1) is 13.9. The van der Waals surface area contributed by atoms with Gasteiger partial charge in [-0.2, -0.15) is 4.98 Å². The molecule has 0 atom stereocenters. The van der Waals surface area contributed by atoms with Crippen molar-refractivity contribution in [1.29, 1.82) is 0 Å². The molecule has 3 aromatic rings. The number of anilines is 2. The molecule has 1 aromatic heterocycles. The largest absolute Gasteiger partial charge is 0.465 e. The number of para-hydroxylation sites is 1. The first-order valence-corrected chi connectivity index (χ1v) is 8.66. The molecule has 1 heterocycles. The highest BCUT2D eigenvalue weighted by Crippen LogP contribution is 2.36. The maximum Gasteiger partial charge on any atom is 0.373 e. The van der Waals surface area contributed by atoms with E-state index in [1.807, 2.05) is 0 Å². The third kappa shape index (κ3) is 4.41. The summed E-state index contributed by atoms with van der Waals surface area (Å²) in [4.78, 5) is 30.8. The van der Waals surface area contributed by atoms with Gasteiger partial charge in [-0.3, -0.25) is 10.1 Å². The number of hydrogen-bond acceptors (Lipinski definition) is 8. The highest BCUT2D eigenvalue weighted by Gasteiger charge is 2.26. The molecule has 3 rings (SSSR count).